The maximum absolute atomic E-state index is 11.3. The highest BCUT2D eigenvalue weighted by molar-refractivity contribution is 6.18. The summed E-state index contributed by atoms with van der Waals surface area (Å²) in [5.41, 5.74) is 1.20. The van der Waals surface area contributed by atoms with Crippen molar-refractivity contribution in [2.75, 3.05) is 0 Å². The minimum Gasteiger partial charge on any atom is -0.601 e. The maximum Gasteiger partial charge on any atom is 0.183 e. The number of nitrogens with one attached hydrogen (secondary N) is 1. The van der Waals surface area contributed by atoms with Crippen LogP contribution in [0, 0.1) is 5.21 Å². The molecule has 1 aliphatic heterocycles. The van der Waals surface area contributed by atoms with Crippen molar-refractivity contribution in [3.05, 3.63) is 29.5 Å². The number of aliphatic imine (C=N–C) groups is 1. The molecule has 0 amide bonds. The smallest absolute Gasteiger partial charge is 0.183 e. The van der Waals surface area contributed by atoms with E-state index in [1.807, 2.05) is 6.07 Å². The van der Waals surface area contributed by atoms with Crippen molar-refractivity contribution in [1.29, 1.82) is 0 Å². The summed E-state index contributed by atoms with van der Waals surface area (Å²) >= 11 is 5.53. The third-order valence-electron chi connectivity index (χ3n) is 1.63. The summed E-state index contributed by atoms with van der Waals surface area (Å²) in [5.74, 6) is 0. The van der Waals surface area contributed by atoms with Gasteiger partial charge in [-0.15, -0.1) is 4.53 Å². The Labute approximate surface area is 74.3 Å². The molecule has 2 rings (SSSR count). The molecule has 1 N–H and O–H groups in total. The Bertz CT molecular complexity index is 328. The van der Waals surface area contributed by atoms with Gasteiger partial charge in [0.15, 0.2) is 12.0 Å². The highest BCUT2D eigenvalue weighted by Gasteiger charge is 2.17. The van der Waals surface area contributed by atoms with Crippen LogP contribution in [0.1, 0.15) is 0 Å². The van der Waals surface area contributed by atoms with E-state index >= 15 is 0 Å². The van der Waals surface area contributed by atoms with E-state index in [2.05, 4.69) is 4.99 Å². The first-order chi connectivity index (χ1) is 5.79. The molecule has 0 saturated heterocycles. The predicted octanol–water partition coefficient (Wildman–Crippen LogP) is 0.745. The molecule has 1 aromatic carbocycles. The predicted molar refractivity (Wildman–Crippen MR) is 46.3 cm³/mol. The highest BCUT2D eigenvalue weighted by atomic mass is 35.5. The Balaban J connectivity index is 2.52. The van der Waals surface area contributed by atoms with Gasteiger partial charge in [0, 0.05) is 6.07 Å². The average molecular weight is 184 g/mol. The molecule has 5 heteroatoms. The second kappa shape index (κ2) is 2.75. The number of benzene rings is 1. The summed E-state index contributed by atoms with van der Waals surface area (Å²) in [6, 6.07) is 7.08. The minimum atomic E-state index is -0.234. The Morgan fingerprint density at radius 3 is 3.00 bits per heavy atom. The number of quaternary nitrogens is 1. The monoisotopic (exact) mass is 183 g/mol. The van der Waals surface area contributed by atoms with Crippen molar-refractivity contribution >= 4 is 29.5 Å². The normalized spacial score (nSPS) is 20.8. The van der Waals surface area contributed by atoms with Gasteiger partial charge < -0.3 is 5.21 Å². The topological polar surface area (TPSA) is 43.1 Å². The molecule has 62 valence electrons. The van der Waals surface area contributed by atoms with Gasteiger partial charge >= 0.3 is 0 Å². The number of hydrogen-bond acceptors (Lipinski definition) is 3. The molecule has 0 aliphatic carbocycles. The molecule has 1 heterocycles. The molecule has 1 atom stereocenters. The molecule has 0 fully saturated rings. The lowest BCUT2D eigenvalue weighted by Crippen LogP contribution is -3.07. The summed E-state index contributed by atoms with van der Waals surface area (Å²) in [4.78, 5) is 3.97. The van der Waals surface area contributed by atoms with Crippen LogP contribution in [-0.2, 0) is 0 Å². The number of fused-ring (bicyclic) bond motifs is 1. The molecule has 1 aromatic rings. The van der Waals surface area contributed by atoms with E-state index in [1.54, 1.807) is 18.2 Å². The van der Waals surface area contributed by atoms with Crippen LogP contribution >= 0.6 is 11.8 Å². The average Bonchev–Trinajstić information content (AvgIpc) is 2.12. The van der Waals surface area contributed by atoms with Crippen molar-refractivity contribution in [3.63, 3.8) is 0 Å². The van der Waals surface area contributed by atoms with Crippen LogP contribution < -0.4 is 5.17 Å². The van der Waals surface area contributed by atoms with Crippen LogP contribution in [0.25, 0.3) is 0 Å². The van der Waals surface area contributed by atoms with Crippen LogP contribution in [0.15, 0.2) is 29.3 Å². The molecule has 0 saturated carbocycles. The summed E-state index contributed by atoms with van der Waals surface area (Å²) in [6.07, 6.45) is 1.30. The van der Waals surface area contributed by atoms with Gasteiger partial charge in [0.25, 0.3) is 0 Å². The molecule has 0 radical (unpaired) electrons. The summed E-state index contributed by atoms with van der Waals surface area (Å²) in [5, 5.41) is 11.1. The number of para-hydroxylation sites is 1. The fourth-order valence-electron chi connectivity index (χ4n) is 1.05. The molecule has 1 unspecified atom stereocenters. The van der Waals surface area contributed by atoms with Gasteiger partial charge in [-0.25, -0.2) is 10.2 Å². The number of nitrogens with zero attached hydrogens (tertiary/aromatic N) is 2. The molecular formula is C7H6ClN3O. The Morgan fingerprint density at radius 2 is 2.17 bits per heavy atom. The van der Waals surface area contributed by atoms with Gasteiger partial charge in [0.1, 0.15) is 5.69 Å². The molecule has 0 spiro atoms. The Kier molecular flexibility index (Phi) is 1.73. The van der Waals surface area contributed by atoms with Crippen molar-refractivity contribution < 1.29 is 5.17 Å². The van der Waals surface area contributed by atoms with Crippen LogP contribution in [0.5, 0.6) is 0 Å². The number of halogens is 1. The van der Waals surface area contributed by atoms with E-state index < -0.39 is 0 Å². The first-order valence-corrected chi connectivity index (χ1v) is 3.75. The van der Waals surface area contributed by atoms with E-state index in [4.69, 9.17) is 11.8 Å². The van der Waals surface area contributed by atoms with E-state index in [1.165, 1.54) is 6.34 Å². The van der Waals surface area contributed by atoms with Gasteiger partial charge in [-0.3, -0.25) is 0 Å². The third kappa shape index (κ3) is 1.06. The van der Waals surface area contributed by atoms with Crippen LogP contribution in [0.3, 0.4) is 0 Å². The second-order valence-corrected chi connectivity index (χ2v) is 2.74. The zero-order valence-corrected chi connectivity index (χ0v) is 6.82. The first-order valence-electron chi connectivity index (χ1n) is 3.41. The fraction of sp³-hybridized carbons (Fsp3) is 0. The molecule has 12 heavy (non-hydrogen) atoms. The lowest BCUT2D eigenvalue weighted by molar-refractivity contribution is -0.872. The molecular weight excluding hydrogens is 178 g/mol. The standard InChI is InChI=1S/C7H6ClN3O/c8-10-5-9-6-3-1-2-4-7(6)11(10)12/h1-5,11H. The fourth-order valence-corrected chi connectivity index (χ4v) is 1.18. The van der Waals surface area contributed by atoms with Crippen LogP contribution in [0.4, 0.5) is 11.4 Å². The minimum absolute atomic E-state index is 0.234. The molecule has 0 bridgehead atoms. The summed E-state index contributed by atoms with van der Waals surface area (Å²) < 4.78 is 0.947. The SMILES string of the molecule is [O-][NH+]1c2ccccc2N=CN1Cl. The molecule has 4 nitrogen and oxygen atoms in total. The van der Waals surface area contributed by atoms with Crippen molar-refractivity contribution in [2.45, 2.75) is 0 Å². The van der Waals surface area contributed by atoms with Gasteiger partial charge in [0.2, 0.25) is 0 Å². The Hall–Kier alpha value is -1.10. The summed E-state index contributed by atoms with van der Waals surface area (Å²) in [6.45, 7) is 0. The molecule has 1 aliphatic rings. The first kappa shape index (κ1) is 7.54. The highest BCUT2D eigenvalue weighted by Crippen LogP contribution is 2.22. The lowest BCUT2D eigenvalue weighted by Gasteiger charge is -2.28. The zero-order chi connectivity index (χ0) is 8.55. The number of rotatable bonds is 0. The van der Waals surface area contributed by atoms with Crippen LogP contribution in [0.2, 0.25) is 0 Å². The Morgan fingerprint density at radius 1 is 1.42 bits per heavy atom. The third-order valence-corrected chi connectivity index (χ3v) is 1.87. The number of hydrogen-bond donors (Lipinski definition) is 1. The van der Waals surface area contributed by atoms with Crippen molar-refractivity contribution in [1.82, 2.24) is 4.53 Å². The summed E-state index contributed by atoms with van der Waals surface area (Å²) in [7, 11) is 0. The van der Waals surface area contributed by atoms with Crippen molar-refractivity contribution in [3.8, 4) is 0 Å². The quantitative estimate of drug-likeness (QED) is 0.476. The largest absolute Gasteiger partial charge is 0.601 e. The van der Waals surface area contributed by atoms with Gasteiger partial charge in [0.05, 0.1) is 11.8 Å². The second-order valence-electron chi connectivity index (χ2n) is 2.38. The van der Waals surface area contributed by atoms with Gasteiger partial charge in [-0.2, -0.15) is 0 Å². The van der Waals surface area contributed by atoms with Crippen LogP contribution in [-0.4, -0.2) is 10.9 Å². The maximum atomic E-state index is 11.3. The zero-order valence-electron chi connectivity index (χ0n) is 6.07. The van der Waals surface area contributed by atoms with Gasteiger partial charge in [-0.1, -0.05) is 12.1 Å². The van der Waals surface area contributed by atoms with E-state index in [0.29, 0.717) is 11.4 Å². The molecule has 0 aromatic heterocycles. The van der Waals surface area contributed by atoms with E-state index in [-0.39, 0.29) is 5.17 Å². The van der Waals surface area contributed by atoms with E-state index in [9.17, 15) is 5.21 Å². The van der Waals surface area contributed by atoms with Crippen molar-refractivity contribution in [2.24, 2.45) is 4.99 Å². The lowest BCUT2D eigenvalue weighted by atomic mass is 10.3. The van der Waals surface area contributed by atoms with Gasteiger partial charge in [-0.05, 0) is 6.07 Å². The van der Waals surface area contributed by atoms with E-state index in [0.717, 1.165) is 4.53 Å².